The molecule has 0 radical (unpaired) electrons. The Hall–Kier alpha value is -2.89. The first-order valence-electron chi connectivity index (χ1n) is 9.64. The van der Waals surface area contributed by atoms with Gasteiger partial charge in [0, 0.05) is 33.2 Å². The van der Waals surface area contributed by atoms with Crippen LogP contribution >= 0.6 is 23.2 Å². The topological polar surface area (TPSA) is 43.3 Å². The second kappa shape index (κ2) is 6.83. The van der Waals surface area contributed by atoms with E-state index in [4.69, 9.17) is 42.5 Å². The van der Waals surface area contributed by atoms with Gasteiger partial charge in [-0.15, -0.1) is 0 Å². The highest BCUT2D eigenvalue weighted by atomic mass is 35.5. The highest BCUT2D eigenvalue weighted by Gasteiger charge is 2.41. The third-order valence-electron chi connectivity index (χ3n) is 5.63. The van der Waals surface area contributed by atoms with Crippen molar-refractivity contribution in [3.63, 3.8) is 0 Å². The maximum absolute atomic E-state index is 6.51. The molecule has 3 aliphatic heterocycles. The Labute approximate surface area is 183 Å². The Bertz CT molecular complexity index is 1200. The molecule has 0 amide bonds. The number of ether oxygens (including phenoxy) is 3. The van der Waals surface area contributed by atoms with Crippen LogP contribution in [0.25, 0.3) is 0 Å². The number of fused-ring (bicyclic) bond motifs is 4. The number of rotatable bonds is 2. The zero-order chi connectivity index (χ0) is 20.2. The third kappa shape index (κ3) is 2.81. The lowest BCUT2D eigenvalue weighted by Gasteiger charge is -2.38. The van der Waals surface area contributed by atoms with Gasteiger partial charge >= 0.3 is 0 Å². The molecule has 5 nitrogen and oxygen atoms in total. The van der Waals surface area contributed by atoms with Crippen LogP contribution in [0.2, 0.25) is 10.0 Å². The normalized spacial score (nSPS) is 21.0. The Morgan fingerprint density at radius 3 is 2.60 bits per heavy atom. The summed E-state index contributed by atoms with van der Waals surface area (Å²) >= 11 is 12.8. The van der Waals surface area contributed by atoms with E-state index >= 15 is 0 Å². The molecule has 30 heavy (non-hydrogen) atoms. The molecule has 0 bridgehead atoms. The van der Waals surface area contributed by atoms with Gasteiger partial charge in [0.2, 0.25) is 13.0 Å². The van der Waals surface area contributed by atoms with Crippen molar-refractivity contribution in [3.8, 4) is 17.2 Å². The lowest BCUT2D eigenvalue weighted by molar-refractivity contribution is -0.0189. The van der Waals surface area contributed by atoms with E-state index in [1.54, 1.807) is 0 Å². The molecule has 3 heterocycles. The van der Waals surface area contributed by atoms with E-state index in [0.717, 1.165) is 46.1 Å². The van der Waals surface area contributed by atoms with Crippen molar-refractivity contribution in [2.75, 3.05) is 6.79 Å². The molecule has 0 saturated carbocycles. The molecule has 150 valence electrons. The van der Waals surface area contributed by atoms with Crippen LogP contribution in [0, 0.1) is 0 Å². The zero-order valence-corrected chi connectivity index (χ0v) is 17.2. The van der Waals surface area contributed by atoms with Gasteiger partial charge in [0.25, 0.3) is 0 Å². The summed E-state index contributed by atoms with van der Waals surface area (Å²) in [6.07, 6.45) is 0.293. The minimum atomic E-state index is -0.427. The standard InChI is InChI=1S/C23H16Cl2N2O3/c24-14-6-8-20-16(10-14)19-11-18(13-5-7-21-22(9-13)29-12-28-21)26-27(19)23(30-20)15-3-1-2-4-17(15)25/h1-10,19,23H,11-12H2/t19-,23+/m0/s1. The molecule has 3 aromatic carbocycles. The van der Waals surface area contributed by atoms with E-state index in [9.17, 15) is 0 Å². The van der Waals surface area contributed by atoms with Gasteiger partial charge in [-0.05, 0) is 42.5 Å². The average molecular weight is 439 g/mol. The van der Waals surface area contributed by atoms with Crippen molar-refractivity contribution < 1.29 is 14.2 Å². The van der Waals surface area contributed by atoms with Gasteiger partial charge in [0.1, 0.15) is 5.75 Å². The Morgan fingerprint density at radius 2 is 1.70 bits per heavy atom. The van der Waals surface area contributed by atoms with Gasteiger partial charge in [-0.25, -0.2) is 5.01 Å². The van der Waals surface area contributed by atoms with Crippen LogP contribution in [0.15, 0.2) is 65.8 Å². The maximum Gasteiger partial charge on any atom is 0.231 e. The van der Waals surface area contributed by atoms with Gasteiger partial charge in [-0.2, -0.15) is 5.10 Å². The summed E-state index contributed by atoms with van der Waals surface area (Å²) in [6, 6.07) is 19.3. The molecular formula is C23H16Cl2N2O3. The molecule has 6 rings (SSSR count). The van der Waals surface area contributed by atoms with E-state index in [-0.39, 0.29) is 12.8 Å². The first kappa shape index (κ1) is 17.9. The molecule has 2 atom stereocenters. The molecule has 0 saturated heterocycles. The molecule has 0 spiro atoms. The van der Waals surface area contributed by atoms with Gasteiger partial charge in [0.15, 0.2) is 11.5 Å². The van der Waals surface area contributed by atoms with E-state index in [0.29, 0.717) is 10.0 Å². The van der Waals surface area contributed by atoms with E-state index in [2.05, 4.69) is 0 Å². The fourth-order valence-electron chi connectivity index (χ4n) is 4.19. The minimum absolute atomic E-state index is 0.00542. The Balaban J connectivity index is 1.45. The van der Waals surface area contributed by atoms with Crippen molar-refractivity contribution in [1.82, 2.24) is 5.01 Å². The molecule has 0 aromatic heterocycles. The summed E-state index contributed by atoms with van der Waals surface area (Å²) in [7, 11) is 0. The summed E-state index contributed by atoms with van der Waals surface area (Å²) in [4.78, 5) is 0. The summed E-state index contributed by atoms with van der Waals surface area (Å²) in [6.45, 7) is 0.244. The molecule has 0 fully saturated rings. The second-order valence-corrected chi connectivity index (χ2v) is 8.23. The molecule has 3 aromatic rings. The number of benzene rings is 3. The van der Waals surface area contributed by atoms with Crippen molar-refractivity contribution in [2.24, 2.45) is 5.10 Å². The number of halogens is 2. The van der Waals surface area contributed by atoms with Gasteiger partial charge in [-0.1, -0.05) is 41.4 Å². The van der Waals surface area contributed by atoms with Crippen LogP contribution in [0.3, 0.4) is 0 Å². The number of hydrogen-bond acceptors (Lipinski definition) is 5. The number of hydrogen-bond donors (Lipinski definition) is 0. The van der Waals surface area contributed by atoms with Crippen molar-refractivity contribution in [2.45, 2.75) is 18.7 Å². The average Bonchev–Trinajstić information content (AvgIpc) is 3.40. The van der Waals surface area contributed by atoms with Crippen LogP contribution in [0.1, 0.15) is 35.4 Å². The van der Waals surface area contributed by atoms with Crippen LogP contribution in [0.4, 0.5) is 0 Å². The van der Waals surface area contributed by atoms with Crippen LogP contribution in [-0.2, 0) is 0 Å². The summed E-state index contributed by atoms with van der Waals surface area (Å²) in [5.41, 5.74) is 3.84. The summed E-state index contributed by atoms with van der Waals surface area (Å²) in [5.74, 6) is 2.29. The molecule has 3 aliphatic rings. The van der Waals surface area contributed by atoms with E-state index in [1.165, 1.54) is 0 Å². The maximum atomic E-state index is 6.51. The quantitative estimate of drug-likeness (QED) is 0.494. The fraction of sp³-hybridized carbons (Fsp3) is 0.174. The SMILES string of the molecule is Clc1ccc2c(c1)[C@@H]1CC(c3ccc4c(c3)OCO4)=NN1[C@@H](c1ccccc1Cl)O2. The molecule has 0 unspecified atom stereocenters. The lowest BCUT2D eigenvalue weighted by Crippen LogP contribution is -2.33. The first-order chi connectivity index (χ1) is 14.7. The van der Waals surface area contributed by atoms with E-state index < -0.39 is 6.23 Å². The van der Waals surface area contributed by atoms with Crippen molar-refractivity contribution >= 4 is 28.9 Å². The predicted octanol–water partition coefficient (Wildman–Crippen LogP) is 5.96. The zero-order valence-electron chi connectivity index (χ0n) is 15.7. The smallest absolute Gasteiger partial charge is 0.231 e. The van der Waals surface area contributed by atoms with Crippen LogP contribution in [0.5, 0.6) is 17.2 Å². The summed E-state index contributed by atoms with van der Waals surface area (Å²) in [5, 5.41) is 8.26. The van der Waals surface area contributed by atoms with Gasteiger partial charge in [-0.3, -0.25) is 0 Å². The van der Waals surface area contributed by atoms with Crippen molar-refractivity contribution in [1.29, 1.82) is 0 Å². The molecule has 0 aliphatic carbocycles. The largest absolute Gasteiger partial charge is 0.464 e. The highest BCUT2D eigenvalue weighted by Crippen LogP contribution is 2.49. The first-order valence-corrected chi connectivity index (χ1v) is 10.4. The fourth-order valence-corrected chi connectivity index (χ4v) is 4.60. The highest BCUT2D eigenvalue weighted by molar-refractivity contribution is 6.31. The predicted molar refractivity (Wildman–Crippen MR) is 115 cm³/mol. The van der Waals surface area contributed by atoms with Gasteiger partial charge < -0.3 is 14.2 Å². The monoisotopic (exact) mass is 438 g/mol. The van der Waals surface area contributed by atoms with E-state index in [1.807, 2.05) is 65.7 Å². The Kier molecular flexibility index (Phi) is 4.08. The van der Waals surface area contributed by atoms with Gasteiger partial charge in [0.05, 0.1) is 11.8 Å². The number of nitrogens with zero attached hydrogens (tertiary/aromatic N) is 2. The molecule has 7 heteroatoms. The lowest BCUT2D eigenvalue weighted by atomic mass is 9.95. The minimum Gasteiger partial charge on any atom is -0.464 e. The second-order valence-electron chi connectivity index (χ2n) is 7.39. The molecular weight excluding hydrogens is 423 g/mol. The van der Waals surface area contributed by atoms with Crippen molar-refractivity contribution in [3.05, 3.63) is 87.4 Å². The molecule has 0 N–H and O–H groups in total. The van der Waals surface area contributed by atoms with Crippen LogP contribution in [-0.4, -0.2) is 17.5 Å². The van der Waals surface area contributed by atoms with Crippen LogP contribution < -0.4 is 14.2 Å². The summed E-state index contributed by atoms with van der Waals surface area (Å²) < 4.78 is 17.3. The number of hydrazone groups is 1. The Morgan fingerprint density at radius 1 is 0.867 bits per heavy atom. The third-order valence-corrected chi connectivity index (χ3v) is 6.21.